The summed E-state index contributed by atoms with van der Waals surface area (Å²) in [6.45, 7) is 3.50. The first kappa shape index (κ1) is 14.9. The predicted octanol–water partition coefficient (Wildman–Crippen LogP) is 4.78. The number of halogens is 3. The molecule has 1 nitrogen and oxygen atoms in total. The molecule has 0 saturated carbocycles. The zero-order chi connectivity index (χ0) is 14.5. The van der Waals surface area contributed by atoms with Crippen LogP contribution in [0.15, 0.2) is 36.4 Å². The van der Waals surface area contributed by atoms with Gasteiger partial charge in [-0.05, 0) is 54.4 Å². The average Bonchev–Trinajstić information content (AvgIpc) is 2.41. The molecule has 0 aliphatic carbocycles. The first-order valence-corrected chi connectivity index (χ1v) is 6.94. The molecule has 2 rings (SSSR count). The van der Waals surface area contributed by atoms with Gasteiger partial charge < -0.3 is 5.32 Å². The number of nitrogens with one attached hydrogen (secondary N) is 1. The second kappa shape index (κ2) is 6.82. The molecule has 0 bridgehead atoms. The van der Waals surface area contributed by atoms with Crippen molar-refractivity contribution in [3.05, 3.63) is 58.6 Å². The van der Waals surface area contributed by atoms with Crippen LogP contribution < -0.4 is 5.32 Å². The van der Waals surface area contributed by atoms with Gasteiger partial charge in [0.1, 0.15) is 11.6 Å². The fraction of sp³-hybridized carbons (Fsp3) is 0.250. The lowest BCUT2D eigenvalue weighted by atomic mass is 9.99. The van der Waals surface area contributed by atoms with E-state index < -0.39 is 5.82 Å². The van der Waals surface area contributed by atoms with Crippen molar-refractivity contribution in [3.8, 4) is 11.1 Å². The van der Waals surface area contributed by atoms with Crippen molar-refractivity contribution in [1.82, 2.24) is 5.32 Å². The minimum Gasteiger partial charge on any atom is -0.313 e. The highest BCUT2D eigenvalue weighted by Crippen LogP contribution is 2.29. The second-order valence-corrected chi connectivity index (χ2v) is 5.04. The van der Waals surface area contributed by atoms with Gasteiger partial charge in [0.15, 0.2) is 0 Å². The van der Waals surface area contributed by atoms with Crippen LogP contribution in [-0.4, -0.2) is 6.54 Å². The van der Waals surface area contributed by atoms with Gasteiger partial charge in [-0.3, -0.25) is 0 Å². The third-order valence-corrected chi connectivity index (χ3v) is 3.27. The summed E-state index contributed by atoms with van der Waals surface area (Å²) in [5.41, 5.74) is 1.78. The normalized spacial score (nSPS) is 10.8. The minimum atomic E-state index is -0.445. The lowest BCUT2D eigenvalue weighted by Crippen LogP contribution is -2.14. The van der Waals surface area contributed by atoms with Crippen LogP contribution in [0, 0.1) is 11.6 Å². The van der Waals surface area contributed by atoms with Gasteiger partial charge in [0.25, 0.3) is 0 Å². The molecule has 0 aliphatic rings. The third kappa shape index (κ3) is 3.56. The van der Waals surface area contributed by atoms with E-state index in [2.05, 4.69) is 12.2 Å². The van der Waals surface area contributed by atoms with E-state index in [9.17, 15) is 8.78 Å². The first-order chi connectivity index (χ1) is 9.61. The van der Waals surface area contributed by atoms with Crippen LogP contribution in [0.25, 0.3) is 11.1 Å². The zero-order valence-electron chi connectivity index (χ0n) is 11.2. The Hall–Kier alpha value is -1.45. The average molecular weight is 296 g/mol. The summed E-state index contributed by atoms with van der Waals surface area (Å²) in [5.74, 6) is -0.826. The monoisotopic (exact) mass is 295 g/mol. The van der Waals surface area contributed by atoms with Crippen molar-refractivity contribution in [2.24, 2.45) is 0 Å². The highest BCUT2D eigenvalue weighted by atomic mass is 35.5. The fourth-order valence-corrected chi connectivity index (χ4v) is 2.22. The molecule has 0 unspecified atom stereocenters. The molecule has 0 aromatic heterocycles. The molecule has 0 radical (unpaired) electrons. The van der Waals surface area contributed by atoms with Crippen LogP contribution in [0.1, 0.15) is 18.9 Å². The summed E-state index contributed by atoms with van der Waals surface area (Å²) in [4.78, 5) is 0. The van der Waals surface area contributed by atoms with Crippen LogP contribution in [0.3, 0.4) is 0 Å². The summed E-state index contributed by atoms with van der Waals surface area (Å²) < 4.78 is 27.5. The summed E-state index contributed by atoms with van der Waals surface area (Å²) in [6, 6.07) is 8.85. The summed E-state index contributed by atoms with van der Waals surface area (Å²) >= 11 is 5.75. The number of hydrogen-bond donors (Lipinski definition) is 1. The molecule has 20 heavy (non-hydrogen) atoms. The van der Waals surface area contributed by atoms with Gasteiger partial charge in [0.2, 0.25) is 0 Å². The maximum Gasteiger partial charge on any atom is 0.132 e. The van der Waals surface area contributed by atoms with E-state index in [-0.39, 0.29) is 5.82 Å². The molecule has 106 valence electrons. The summed E-state index contributed by atoms with van der Waals surface area (Å²) in [6.07, 6.45) is 1.01. The van der Waals surface area contributed by atoms with Crippen molar-refractivity contribution in [2.75, 3.05) is 6.54 Å². The molecule has 0 amide bonds. The van der Waals surface area contributed by atoms with Gasteiger partial charge in [-0.1, -0.05) is 24.6 Å². The third-order valence-electron chi connectivity index (χ3n) is 3.04. The number of hydrogen-bond acceptors (Lipinski definition) is 1. The Labute approximate surface area is 122 Å². The molecule has 0 atom stereocenters. The highest BCUT2D eigenvalue weighted by molar-refractivity contribution is 6.30. The van der Waals surface area contributed by atoms with Gasteiger partial charge in [-0.2, -0.15) is 0 Å². The molecule has 1 N–H and O–H groups in total. The van der Waals surface area contributed by atoms with Crippen LogP contribution in [-0.2, 0) is 6.54 Å². The van der Waals surface area contributed by atoms with Crippen LogP contribution in [0.5, 0.6) is 0 Å². The topological polar surface area (TPSA) is 12.0 Å². The molecule has 2 aromatic carbocycles. The van der Waals surface area contributed by atoms with E-state index in [4.69, 9.17) is 11.6 Å². The Bertz CT molecular complexity index is 599. The molecule has 0 heterocycles. The SMILES string of the molecule is CCCNCc1ccc(F)cc1-c1ccc(Cl)cc1F. The Morgan fingerprint density at radius 2 is 1.85 bits per heavy atom. The highest BCUT2D eigenvalue weighted by Gasteiger charge is 2.11. The van der Waals surface area contributed by atoms with Crippen molar-refractivity contribution >= 4 is 11.6 Å². The largest absolute Gasteiger partial charge is 0.313 e. The Morgan fingerprint density at radius 1 is 1.05 bits per heavy atom. The van der Waals surface area contributed by atoms with Crippen molar-refractivity contribution in [1.29, 1.82) is 0 Å². The molecular formula is C16H16ClF2N. The van der Waals surface area contributed by atoms with Gasteiger partial charge >= 0.3 is 0 Å². The smallest absolute Gasteiger partial charge is 0.132 e. The standard InChI is InChI=1S/C16H16ClF2N/c1-2-7-20-10-11-3-5-13(18)9-15(11)14-6-4-12(17)8-16(14)19/h3-6,8-9,20H,2,7,10H2,1H3. The maximum absolute atomic E-state index is 14.0. The summed E-state index contributed by atoms with van der Waals surface area (Å²) in [7, 11) is 0. The molecular weight excluding hydrogens is 280 g/mol. The van der Waals surface area contributed by atoms with E-state index >= 15 is 0 Å². The van der Waals surface area contributed by atoms with Gasteiger partial charge in [-0.15, -0.1) is 0 Å². The lowest BCUT2D eigenvalue weighted by molar-refractivity contribution is 0.621. The first-order valence-electron chi connectivity index (χ1n) is 6.56. The quantitative estimate of drug-likeness (QED) is 0.782. The van der Waals surface area contributed by atoms with E-state index in [1.165, 1.54) is 18.2 Å². The van der Waals surface area contributed by atoms with E-state index in [0.29, 0.717) is 22.7 Å². The molecule has 0 aliphatic heterocycles. The Balaban J connectivity index is 2.40. The van der Waals surface area contributed by atoms with Crippen molar-refractivity contribution in [3.63, 3.8) is 0 Å². The van der Waals surface area contributed by atoms with Gasteiger partial charge in [0, 0.05) is 17.1 Å². The molecule has 0 fully saturated rings. The maximum atomic E-state index is 14.0. The molecule has 4 heteroatoms. The van der Waals surface area contributed by atoms with Gasteiger partial charge in [0.05, 0.1) is 0 Å². The Kier molecular flexibility index (Phi) is 5.10. The fourth-order valence-electron chi connectivity index (χ4n) is 2.06. The van der Waals surface area contributed by atoms with Crippen LogP contribution in [0.4, 0.5) is 8.78 Å². The molecule has 2 aromatic rings. The summed E-state index contributed by atoms with van der Waals surface area (Å²) in [5, 5.41) is 3.57. The predicted molar refractivity (Wildman–Crippen MR) is 78.8 cm³/mol. The minimum absolute atomic E-state index is 0.327. The van der Waals surface area contributed by atoms with Crippen molar-refractivity contribution in [2.45, 2.75) is 19.9 Å². The molecule has 0 saturated heterocycles. The lowest BCUT2D eigenvalue weighted by Gasteiger charge is -2.12. The van der Waals surface area contributed by atoms with E-state index in [1.54, 1.807) is 18.2 Å². The Morgan fingerprint density at radius 3 is 2.55 bits per heavy atom. The molecule has 0 spiro atoms. The van der Waals surface area contributed by atoms with E-state index in [1.807, 2.05) is 0 Å². The van der Waals surface area contributed by atoms with Crippen LogP contribution in [0.2, 0.25) is 5.02 Å². The number of rotatable bonds is 5. The number of benzene rings is 2. The zero-order valence-corrected chi connectivity index (χ0v) is 12.0. The second-order valence-electron chi connectivity index (χ2n) is 4.60. The van der Waals surface area contributed by atoms with Crippen LogP contribution >= 0.6 is 11.6 Å². The van der Waals surface area contributed by atoms with Crippen molar-refractivity contribution < 1.29 is 8.78 Å². The van der Waals surface area contributed by atoms with E-state index in [0.717, 1.165) is 18.5 Å². The van der Waals surface area contributed by atoms with Gasteiger partial charge in [-0.25, -0.2) is 8.78 Å².